The first-order valence-electron chi connectivity index (χ1n) is 7.62. The number of imidazole rings is 2. The molecule has 0 aliphatic carbocycles. The zero-order valence-electron chi connectivity index (χ0n) is 12.8. The topological polar surface area (TPSA) is 35.6 Å². The summed E-state index contributed by atoms with van der Waals surface area (Å²) in [5, 5.41) is 0.735. The average Bonchev–Trinajstić information content (AvgIpc) is 3.31. The van der Waals surface area contributed by atoms with Crippen LogP contribution in [0.15, 0.2) is 86.0 Å². The van der Waals surface area contributed by atoms with Crippen molar-refractivity contribution in [3.05, 3.63) is 102 Å². The van der Waals surface area contributed by atoms with Crippen molar-refractivity contribution in [1.82, 2.24) is 19.1 Å². The minimum Gasteiger partial charge on any atom is -0.326 e. The molecule has 4 nitrogen and oxygen atoms in total. The summed E-state index contributed by atoms with van der Waals surface area (Å²) < 4.78 is 4.08. The van der Waals surface area contributed by atoms with Gasteiger partial charge in [0.1, 0.15) is 0 Å². The molecular weight excluding hydrogens is 320 g/mol. The van der Waals surface area contributed by atoms with E-state index >= 15 is 0 Å². The highest BCUT2D eigenvalue weighted by Crippen LogP contribution is 2.28. The monoisotopic (exact) mass is 334 g/mol. The van der Waals surface area contributed by atoms with Gasteiger partial charge in [0.15, 0.2) is 0 Å². The lowest BCUT2D eigenvalue weighted by molar-refractivity contribution is 0.676. The van der Waals surface area contributed by atoms with Crippen LogP contribution in [-0.2, 0) is 0 Å². The van der Waals surface area contributed by atoms with Crippen molar-refractivity contribution in [1.29, 1.82) is 0 Å². The van der Waals surface area contributed by atoms with E-state index < -0.39 is 0 Å². The van der Waals surface area contributed by atoms with Crippen molar-refractivity contribution in [2.45, 2.75) is 6.04 Å². The Labute approximate surface area is 145 Å². The van der Waals surface area contributed by atoms with Gasteiger partial charge in [0, 0.05) is 35.5 Å². The average molecular weight is 335 g/mol. The van der Waals surface area contributed by atoms with Crippen LogP contribution in [0.4, 0.5) is 0 Å². The molecule has 0 amide bonds. The second kappa shape index (κ2) is 6.34. The summed E-state index contributed by atoms with van der Waals surface area (Å²) in [5.74, 6) is 0. The van der Waals surface area contributed by atoms with Crippen LogP contribution in [0.2, 0.25) is 5.02 Å². The second-order valence-electron chi connectivity index (χ2n) is 5.53. The summed E-state index contributed by atoms with van der Waals surface area (Å²) in [7, 11) is 0. The fourth-order valence-corrected chi connectivity index (χ4v) is 2.97. The number of hydrogen-bond donors (Lipinski definition) is 0. The van der Waals surface area contributed by atoms with E-state index in [0.717, 1.165) is 16.3 Å². The lowest BCUT2D eigenvalue weighted by atomic mass is 9.98. The Morgan fingerprint density at radius 2 is 1.38 bits per heavy atom. The van der Waals surface area contributed by atoms with Gasteiger partial charge in [0.05, 0.1) is 18.7 Å². The van der Waals surface area contributed by atoms with E-state index in [1.807, 2.05) is 35.4 Å². The van der Waals surface area contributed by atoms with Gasteiger partial charge in [0.2, 0.25) is 0 Å². The number of aromatic nitrogens is 4. The largest absolute Gasteiger partial charge is 0.326 e. The maximum atomic E-state index is 6.04. The summed E-state index contributed by atoms with van der Waals surface area (Å²) in [5.41, 5.74) is 3.42. The number of rotatable bonds is 4. The van der Waals surface area contributed by atoms with Crippen LogP contribution in [0.5, 0.6) is 0 Å². The van der Waals surface area contributed by atoms with Crippen LogP contribution >= 0.6 is 11.6 Å². The zero-order chi connectivity index (χ0) is 16.4. The van der Waals surface area contributed by atoms with Gasteiger partial charge in [-0.05, 0) is 35.4 Å². The summed E-state index contributed by atoms with van der Waals surface area (Å²) in [6.07, 6.45) is 11.1. The predicted octanol–water partition coefficient (Wildman–Crippen LogP) is 4.36. The maximum absolute atomic E-state index is 6.04. The van der Waals surface area contributed by atoms with Crippen molar-refractivity contribution >= 4 is 11.6 Å². The van der Waals surface area contributed by atoms with Crippen LogP contribution in [0.3, 0.4) is 0 Å². The third-order valence-corrected chi connectivity index (χ3v) is 4.27. The van der Waals surface area contributed by atoms with Crippen LogP contribution in [0.1, 0.15) is 17.2 Å². The lowest BCUT2D eigenvalue weighted by Crippen LogP contribution is -2.10. The highest BCUT2D eigenvalue weighted by atomic mass is 35.5. The molecule has 1 atom stereocenters. The zero-order valence-corrected chi connectivity index (χ0v) is 13.6. The third kappa shape index (κ3) is 2.84. The Bertz CT molecular complexity index is 895. The van der Waals surface area contributed by atoms with Gasteiger partial charge in [-0.2, -0.15) is 0 Å². The van der Waals surface area contributed by atoms with Gasteiger partial charge in [-0.3, -0.25) is 0 Å². The van der Waals surface area contributed by atoms with Crippen LogP contribution in [0.25, 0.3) is 5.69 Å². The van der Waals surface area contributed by atoms with Gasteiger partial charge in [0.25, 0.3) is 0 Å². The molecule has 0 saturated carbocycles. The van der Waals surface area contributed by atoms with E-state index in [1.54, 1.807) is 18.7 Å². The van der Waals surface area contributed by atoms with Crippen LogP contribution < -0.4 is 0 Å². The Morgan fingerprint density at radius 3 is 1.96 bits per heavy atom. The molecule has 0 bridgehead atoms. The molecule has 5 heteroatoms. The van der Waals surface area contributed by atoms with Gasteiger partial charge < -0.3 is 9.13 Å². The van der Waals surface area contributed by atoms with E-state index in [-0.39, 0.29) is 6.04 Å². The smallest absolute Gasteiger partial charge is 0.0991 e. The molecule has 4 aromatic rings. The van der Waals surface area contributed by atoms with Crippen molar-refractivity contribution in [2.24, 2.45) is 0 Å². The van der Waals surface area contributed by atoms with Crippen LogP contribution in [0, 0.1) is 0 Å². The minimum absolute atomic E-state index is 0.0570. The van der Waals surface area contributed by atoms with Gasteiger partial charge >= 0.3 is 0 Å². The number of benzene rings is 2. The van der Waals surface area contributed by atoms with E-state index in [1.165, 1.54) is 5.56 Å². The number of halogens is 1. The Balaban J connectivity index is 1.75. The molecule has 2 aromatic heterocycles. The highest BCUT2D eigenvalue weighted by Gasteiger charge is 2.16. The fraction of sp³-hybridized carbons (Fsp3) is 0.0526. The quantitative estimate of drug-likeness (QED) is 0.556. The van der Waals surface area contributed by atoms with Crippen molar-refractivity contribution in [2.75, 3.05) is 0 Å². The lowest BCUT2D eigenvalue weighted by Gasteiger charge is -2.20. The molecule has 24 heavy (non-hydrogen) atoms. The Kier molecular flexibility index (Phi) is 3.89. The molecule has 0 aliphatic heterocycles. The summed E-state index contributed by atoms with van der Waals surface area (Å²) >= 11 is 6.04. The molecule has 118 valence electrons. The molecule has 0 radical (unpaired) electrons. The summed E-state index contributed by atoms with van der Waals surface area (Å²) in [6.45, 7) is 0. The van der Waals surface area contributed by atoms with E-state index in [0.29, 0.717) is 0 Å². The molecule has 2 aromatic carbocycles. The molecule has 2 heterocycles. The van der Waals surface area contributed by atoms with Crippen molar-refractivity contribution in [3.8, 4) is 5.69 Å². The fourth-order valence-electron chi connectivity index (χ4n) is 2.84. The van der Waals surface area contributed by atoms with E-state index in [4.69, 9.17) is 11.6 Å². The minimum atomic E-state index is 0.0570. The van der Waals surface area contributed by atoms with Gasteiger partial charge in [-0.15, -0.1) is 0 Å². The Hall–Kier alpha value is -2.85. The van der Waals surface area contributed by atoms with Crippen molar-refractivity contribution < 1.29 is 0 Å². The van der Waals surface area contributed by atoms with Crippen molar-refractivity contribution in [3.63, 3.8) is 0 Å². The predicted molar refractivity (Wildman–Crippen MR) is 94.5 cm³/mol. The first kappa shape index (κ1) is 14.7. The molecule has 1 unspecified atom stereocenters. The highest BCUT2D eigenvalue weighted by molar-refractivity contribution is 6.30. The van der Waals surface area contributed by atoms with Crippen LogP contribution in [-0.4, -0.2) is 19.1 Å². The Morgan fingerprint density at radius 1 is 0.750 bits per heavy atom. The second-order valence-corrected chi connectivity index (χ2v) is 5.96. The van der Waals surface area contributed by atoms with E-state index in [2.05, 4.69) is 50.9 Å². The van der Waals surface area contributed by atoms with E-state index in [9.17, 15) is 0 Å². The number of nitrogens with zero attached hydrogens (tertiary/aromatic N) is 4. The molecule has 0 saturated heterocycles. The molecule has 4 rings (SSSR count). The SMILES string of the molecule is Clc1ccc(C(c2ccc(-n3ccnc3)cc2)n2ccnc2)cc1. The molecule has 0 spiro atoms. The molecule has 0 fully saturated rings. The molecule has 0 N–H and O–H groups in total. The molecular formula is C19H15ClN4. The third-order valence-electron chi connectivity index (χ3n) is 4.02. The van der Waals surface area contributed by atoms with Gasteiger partial charge in [-0.1, -0.05) is 35.9 Å². The normalized spacial score (nSPS) is 12.2. The number of hydrogen-bond acceptors (Lipinski definition) is 2. The summed E-state index contributed by atoms with van der Waals surface area (Å²) in [6, 6.07) is 16.5. The maximum Gasteiger partial charge on any atom is 0.0991 e. The van der Waals surface area contributed by atoms with Gasteiger partial charge in [-0.25, -0.2) is 9.97 Å². The standard InChI is InChI=1S/C19H15ClN4/c20-17-5-1-15(2-6-17)19(24-12-10-22-14-24)16-3-7-18(8-4-16)23-11-9-21-13-23/h1-14,19H. The summed E-state index contributed by atoms with van der Waals surface area (Å²) in [4.78, 5) is 8.29. The first-order valence-corrected chi connectivity index (χ1v) is 8.00. The molecule has 0 aliphatic rings. The first-order chi connectivity index (χ1) is 11.8.